The van der Waals surface area contributed by atoms with Crippen LogP contribution in [-0.4, -0.2) is 30.1 Å². The van der Waals surface area contributed by atoms with Gasteiger partial charge in [0.25, 0.3) is 0 Å². The molecule has 0 aliphatic carbocycles. The smallest absolute Gasteiger partial charge is 0.225 e. The van der Waals surface area contributed by atoms with Gasteiger partial charge >= 0.3 is 0 Å². The van der Waals surface area contributed by atoms with Gasteiger partial charge in [0.1, 0.15) is 17.5 Å². The molecule has 8 nitrogen and oxygen atoms in total. The molecule has 0 saturated carbocycles. The zero-order valence-corrected chi connectivity index (χ0v) is 16.2. The van der Waals surface area contributed by atoms with Gasteiger partial charge in [-0.25, -0.2) is 14.4 Å². The fourth-order valence-corrected chi connectivity index (χ4v) is 2.64. The first kappa shape index (κ1) is 20.2. The number of nitrogens with zero attached hydrogens (tertiary/aromatic N) is 5. The quantitative estimate of drug-likeness (QED) is 0.437. The summed E-state index contributed by atoms with van der Waals surface area (Å²) in [5.41, 5.74) is 2.33. The summed E-state index contributed by atoms with van der Waals surface area (Å²) in [4.78, 5) is 17.3. The van der Waals surface area contributed by atoms with E-state index in [0.717, 1.165) is 11.3 Å². The Hall–Kier alpha value is -3.59. The molecule has 1 aromatic carbocycles. The zero-order chi connectivity index (χ0) is 19.3. The van der Waals surface area contributed by atoms with Crippen molar-refractivity contribution in [1.29, 1.82) is 0 Å². The number of halogens is 2. The van der Waals surface area contributed by atoms with E-state index in [2.05, 4.69) is 40.8 Å². The van der Waals surface area contributed by atoms with E-state index in [1.165, 1.54) is 12.1 Å². The predicted molar refractivity (Wildman–Crippen MR) is 111 cm³/mol. The normalized spacial score (nSPS) is 11.4. The lowest BCUT2D eigenvalue weighted by Crippen LogP contribution is -2.11. The minimum absolute atomic E-state index is 0. The SMILES string of the molecule is C[C@H](Nc1nc(Nc2cnccn2)cc(-c2ccn[nH]2)n1)c1ccc(F)cc1.Cl. The Morgan fingerprint density at radius 3 is 2.52 bits per heavy atom. The molecular weight excluding hydrogens is 395 g/mol. The van der Waals surface area contributed by atoms with Crippen molar-refractivity contribution in [3.8, 4) is 11.4 Å². The first-order valence-electron chi connectivity index (χ1n) is 8.61. The number of anilines is 3. The fraction of sp³-hybridized carbons (Fsp3) is 0.105. The number of hydrogen-bond donors (Lipinski definition) is 3. The molecule has 10 heteroatoms. The lowest BCUT2D eigenvalue weighted by Gasteiger charge is -2.16. The van der Waals surface area contributed by atoms with Gasteiger partial charge < -0.3 is 10.6 Å². The number of H-pyrrole nitrogens is 1. The molecule has 0 radical (unpaired) electrons. The third-order valence-electron chi connectivity index (χ3n) is 4.04. The Labute approximate surface area is 172 Å². The summed E-state index contributed by atoms with van der Waals surface area (Å²) in [7, 11) is 0. The van der Waals surface area contributed by atoms with E-state index < -0.39 is 0 Å². The molecule has 4 aromatic rings. The minimum atomic E-state index is -0.274. The molecule has 1 atom stereocenters. The number of nitrogens with one attached hydrogen (secondary N) is 3. The van der Waals surface area contributed by atoms with Crippen LogP contribution in [0.4, 0.5) is 22.0 Å². The standard InChI is InChI=1S/C19H17FN8.ClH/c1-12(13-2-4-14(20)5-3-13)24-19-25-16(15-6-7-23-28-15)10-17(27-19)26-18-11-21-8-9-22-18;/h2-12H,1H3,(H,23,28)(H2,22,24,25,26,27);1H/t12-;/m0./s1. The molecule has 3 heterocycles. The number of rotatable bonds is 6. The van der Waals surface area contributed by atoms with E-state index in [4.69, 9.17) is 0 Å². The van der Waals surface area contributed by atoms with Crippen LogP contribution in [0.2, 0.25) is 0 Å². The molecule has 0 spiro atoms. The maximum Gasteiger partial charge on any atom is 0.225 e. The van der Waals surface area contributed by atoms with Crippen molar-refractivity contribution in [2.75, 3.05) is 10.6 Å². The number of aromatic amines is 1. The summed E-state index contributed by atoms with van der Waals surface area (Å²) in [6, 6.07) is 9.79. The molecular formula is C19H18ClFN8. The number of hydrogen-bond acceptors (Lipinski definition) is 7. The summed E-state index contributed by atoms with van der Waals surface area (Å²) < 4.78 is 13.2. The molecule has 29 heavy (non-hydrogen) atoms. The van der Waals surface area contributed by atoms with Crippen LogP contribution in [0.25, 0.3) is 11.4 Å². The van der Waals surface area contributed by atoms with Crippen molar-refractivity contribution < 1.29 is 4.39 Å². The van der Waals surface area contributed by atoms with Crippen LogP contribution in [0.15, 0.2) is 61.2 Å². The third kappa shape index (κ3) is 5.02. The van der Waals surface area contributed by atoms with Crippen LogP contribution in [0.3, 0.4) is 0 Å². The van der Waals surface area contributed by atoms with Crippen LogP contribution < -0.4 is 10.6 Å². The van der Waals surface area contributed by atoms with Gasteiger partial charge in [-0.2, -0.15) is 10.1 Å². The lowest BCUT2D eigenvalue weighted by molar-refractivity contribution is 0.626. The van der Waals surface area contributed by atoms with Gasteiger partial charge in [0.05, 0.1) is 23.6 Å². The summed E-state index contributed by atoms with van der Waals surface area (Å²) in [6.45, 7) is 1.95. The van der Waals surface area contributed by atoms with Crippen molar-refractivity contribution in [2.24, 2.45) is 0 Å². The average molecular weight is 413 g/mol. The zero-order valence-electron chi connectivity index (χ0n) is 15.4. The van der Waals surface area contributed by atoms with Gasteiger partial charge in [-0.05, 0) is 30.7 Å². The van der Waals surface area contributed by atoms with Gasteiger partial charge in [-0.3, -0.25) is 10.1 Å². The molecule has 0 fully saturated rings. The van der Waals surface area contributed by atoms with Crippen molar-refractivity contribution in [3.05, 3.63) is 72.6 Å². The molecule has 0 bridgehead atoms. The molecule has 4 rings (SSSR count). The molecule has 148 valence electrons. The van der Waals surface area contributed by atoms with Crippen molar-refractivity contribution in [3.63, 3.8) is 0 Å². The Morgan fingerprint density at radius 2 is 1.83 bits per heavy atom. The van der Waals surface area contributed by atoms with Gasteiger partial charge in [0.15, 0.2) is 0 Å². The second kappa shape index (κ2) is 9.07. The van der Waals surface area contributed by atoms with E-state index in [9.17, 15) is 4.39 Å². The van der Waals surface area contributed by atoms with Crippen molar-refractivity contribution in [2.45, 2.75) is 13.0 Å². The van der Waals surface area contributed by atoms with E-state index in [0.29, 0.717) is 23.3 Å². The van der Waals surface area contributed by atoms with Crippen LogP contribution in [0, 0.1) is 5.82 Å². The Bertz CT molecular complexity index is 1040. The highest BCUT2D eigenvalue weighted by molar-refractivity contribution is 5.85. The minimum Gasteiger partial charge on any atom is -0.348 e. The van der Waals surface area contributed by atoms with Gasteiger partial charge in [0.2, 0.25) is 5.95 Å². The van der Waals surface area contributed by atoms with Crippen LogP contribution >= 0.6 is 12.4 Å². The summed E-state index contributed by atoms with van der Waals surface area (Å²) in [5.74, 6) is 1.25. The van der Waals surface area contributed by atoms with Crippen LogP contribution in [0.1, 0.15) is 18.5 Å². The first-order valence-corrected chi connectivity index (χ1v) is 8.61. The Kier molecular flexibility index (Phi) is 6.30. The highest BCUT2D eigenvalue weighted by Gasteiger charge is 2.12. The summed E-state index contributed by atoms with van der Waals surface area (Å²) in [6.07, 6.45) is 6.45. The predicted octanol–water partition coefficient (Wildman–Crippen LogP) is 4.13. The average Bonchev–Trinajstić information content (AvgIpc) is 3.24. The highest BCUT2D eigenvalue weighted by Crippen LogP contribution is 2.24. The highest BCUT2D eigenvalue weighted by atomic mass is 35.5. The second-order valence-corrected chi connectivity index (χ2v) is 6.07. The second-order valence-electron chi connectivity index (χ2n) is 6.07. The topological polar surface area (TPSA) is 104 Å². The van der Waals surface area contributed by atoms with Crippen LogP contribution in [0.5, 0.6) is 0 Å². The van der Waals surface area contributed by atoms with Gasteiger partial charge in [-0.15, -0.1) is 12.4 Å². The van der Waals surface area contributed by atoms with Gasteiger partial charge in [-0.1, -0.05) is 12.1 Å². The van der Waals surface area contributed by atoms with Crippen molar-refractivity contribution in [1.82, 2.24) is 30.1 Å². The number of aromatic nitrogens is 6. The fourth-order valence-electron chi connectivity index (χ4n) is 2.64. The lowest BCUT2D eigenvalue weighted by atomic mass is 10.1. The Balaban J connectivity index is 0.00000240. The van der Waals surface area contributed by atoms with Gasteiger partial charge in [0, 0.05) is 24.7 Å². The molecule has 0 aliphatic rings. The maximum atomic E-state index is 13.2. The molecule has 0 unspecified atom stereocenters. The van der Waals surface area contributed by atoms with Crippen molar-refractivity contribution >= 4 is 30.0 Å². The van der Waals surface area contributed by atoms with E-state index in [-0.39, 0.29) is 24.3 Å². The number of benzene rings is 1. The maximum absolute atomic E-state index is 13.2. The molecule has 3 N–H and O–H groups in total. The molecule has 0 aliphatic heterocycles. The summed E-state index contributed by atoms with van der Waals surface area (Å²) >= 11 is 0. The third-order valence-corrected chi connectivity index (χ3v) is 4.04. The Morgan fingerprint density at radius 1 is 1.00 bits per heavy atom. The molecule has 0 saturated heterocycles. The molecule has 3 aromatic heterocycles. The first-order chi connectivity index (χ1) is 13.7. The molecule has 0 amide bonds. The van der Waals surface area contributed by atoms with Crippen LogP contribution in [-0.2, 0) is 0 Å². The largest absolute Gasteiger partial charge is 0.348 e. The van der Waals surface area contributed by atoms with E-state index in [1.54, 1.807) is 43.0 Å². The summed E-state index contributed by atoms with van der Waals surface area (Å²) in [5, 5.41) is 13.2. The van der Waals surface area contributed by atoms with E-state index in [1.807, 2.05) is 13.0 Å². The monoisotopic (exact) mass is 412 g/mol. The van der Waals surface area contributed by atoms with E-state index >= 15 is 0 Å².